The Kier molecular flexibility index (Phi) is 3.31. The first-order valence-corrected chi connectivity index (χ1v) is 5.54. The van der Waals surface area contributed by atoms with Gasteiger partial charge >= 0.3 is 0 Å². The number of hydrogen-bond acceptors (Lipinski definition) is 3. The van der Waals surface area contributed by atoms with Crippen LogP contribution in [0, 0.1) is 11.6 Å². The van der Waals surface area contributed by atoms with Gasteiger partial charge in [0.05, 0.1) is 6.61 Å². The van der Waals surface area contributed by atoms with Crippen LogP contribution >= 0.6 is 0 Å². The van der Waals surface area contributed by atoms with Gasteiger partial charge in [-0.1, -0.05) is 0 Å². The molecule has 2 atom stereocenters. The minimum Gasteiger partial charge on any atom is -0.490 e. The lowest BCUT2D eigenvalue weighted by Crippen LogP contribution is -2.41. The molecule has 0 radical (unpaired) electrons. The van der Waals surface area contributed by atoms with Gasteiger partial charge in [-0.05, 0) is 25.0 Å². The highest BCUT2D eigenvalue weighted by atomic mass is 19.2. The Morgan fingerprint density at radius 2 is 2.18 bits per heavy atom. The Morgan fingerprint density at radius 3 is 2.76 bits per heavy atom. The molecular weight excluding hydrogens is 228 g/mol. The van der Waals surface area contributed by atoms with E-state index in [1.807, 2.05) is 0 Å². The van der Waals surface area contributed by atoms with Crippen LogP contribution in [0.1, 0.15) is 19.3 Å². The summed E-state index contributed by atoms with van der Waals surface area (Å²) in [6, 6.07) is 3.43. The standard InChI is InChI=1S/C12H15F2NO2/c13-10-2-1-8(5-11(10)14)17-9-3-4-12(15,6-9)7-16/h1-2,5,9,16H,3-4,6-7,15H2. The summed E-state index contributed by atoms with van der Waals surface area (Å²) in [4.78, 5) is 0. The summed E-state index contributed by atoms with van der Waals surface area (Å²) in [5.74, 6) is -1.54. The van der Waals surface area contributed by atoms with Gasteiger partial charge in [-0.2, -0.15) is 0 Å². The van der Waals surface area contributed by atoms with Crippen molar-refractivity contribution >= 4 is 0 Å². The molecule has 0 saturated heterocycles. The second-order valence-corrected chi connectivity index (χ2v) is 4.58. The van der Waals surface area contributed by atoms with Crippen molar-refractivity contribution in [2.75, 3.05) is 6.61 Å². The van der Waals surface area contributed by atoms with Gasteiger partial charge in [0.25, 0.3) is 0 Å². The van der Waals surface area contributed by atoms with Gasteiger partial charge in [0.1, 0.15) is 11.9 Å². The van der Waals surface area contributed by atoms with Crippen LogP contribution in [-0.4, -0.2) is 23.4 Å². The number of aliphatic hydroxyl groups is 1. The SMILES string of the molecule is NC1(CO)CCC(Oc2ccc(F)c(F)c2)C1. The van der Waals surface area contributed by atoms with Gasteiger partial charge in [-0.15, -0.1) is 0 Å². The second kappa shape index (κ2) is 4.58. The lowest BCUT2D eigenvalue weighted by molar-refractivity contribution is 0.165. The number of ether oxygens (including phenoxy) is 1. The smallest absolute Gasteiger partial charge is 0.162 e. The van der Waals surface area contributed by atoms with Crippen LogP contribution in [0.4, 0.5) is 8.78 Å². The summed E-state index contributed by atoms with van der Waals surface area (Å²) in [6.45, 7) is -0.0926. The molecule has 3 nitrogen and oxygen atoms in total. The minimum atomic E-state index is -0.929. The summed E-state index contributed by atoms with van der Waals surface area (Å²) < 4.78 is 31.2. The van der Waals surface area contributed by atoms with Gasteiger partial charge in [-0.25, -0.2) is 8.78 Å². The lowest BCUT2D eigenvalue weighted by Gasteiger charge is -2.21. The van der Waals surface area contributed by atoms with E-state index in [0.717, 1.165) is 12.1 Å². The van der Waals surface area contributed by atoms with Crippen molar-refractivity contribution in [2.24, 2.45) is 5.73 Å². The molecule has 0 aliphatic heterocycles. The average Bonchev–Trinajstić information content (AvgIpc) is 2.67. The van der Waals surface area contributed by atoms with E-state index in [1.54, 1.807) is 0 Å². The fraction of sp³-hybridized carbons (Fsp3) is 0.500. The third kappa shape index (κ3) is 2.73. The topological polar surface area (TPSA) is 55.5 Å². The number of halogens is 2. The summed E-state index contributed by atoms with van der Waals surface area (Å²) in [7, 11) is 0. The maximum Gasteiger partial charge on any atom is 0.162 e. The maximum absolute atomic E-state index is 13.0. The molecule has 1 aliphatic rings. The number of hydrogen-bond donors (Lipinski definition) is 2. The summed E-state index contributed by atoms with van der Waals surface area (Å²) in [5.41, 5.74) is 5.28. The van der Waals surface area contributed by atoms with Gasteiger partial charge in [0.15, 0.2) is 11.6 Å². The van der Waals surface area contributed by atoms with Crippen molar-refractivity contribution < 1.29 is 18.6 Å². The van der Waals surface area contributed by atoms with E-state index in [1.165, 1.54) is 6.07 Å². The molecule has 0 spiro atoms. The van der Waals surface area contributed by atoms with Crippen molar-refractivity contribution in [2.45, 2.75) is 30.9 Å². The van der Waals surface area contributed by atoms with Crippen LogP contribution in [0.15, 0.2) is 18.2 Å². The maximum atomic E-state index is 13.0. The minimum absolute atomic E-state index is 0.0926. The highest BCUT2D eigenvalue weighted by Crippen LogP contribution is 2.30. The van der Waals surface area contributed by atoms with Crippen molar-refractivity contribution in [3.05, 3.63) is 29.8 Å². The molecule has 0 aromatic heterocycles. The highest BCUT2D eigenvalue weighted by Gasteiger charge is 2.36. The molecule has 0 heterocycles. The first kappa shape index (κ1) is 12.3. The predicted molar refractivity (Wildman–Crippen MR) is 58.6 cm³/mol. The van der Waals surface area contributed by atoms with Gasteiger partial charge in [0.2, 0.25) is 0 Å². The van der Waals surface area contributed by atoms with E-state index in [9.17, 15) is 8.78 Å². The molecule has 0 amide bonds. The second-order valence-electron chi connectivity index (χ2n) is 4.58. The third-order valence-electron chi connectivity index (χ3n) is 3.11. The molecule has 1 saturated carbocycles. The van der Waals surface area contributed by atoms with E-state index in [-0.39, 0.29) is 18.5 Å². The fourth-order valence-corrected chi connectivity index (χ4v) is 2.09. The molecule has 17 heavy (non-hydrogen) atoms. The fourth-order valence-electron chi connectivity index (χ4n) is 2.09. The zero-order chi connectivity index (χ0) is 12.5. The van der Waals surface area contributed by atoms with E-state index < -0.39 is 17.2 Å². The zero-order valence-electron chi connectivity index (χ0n) is 9.33. The number of aliphatic hydroxyl groups excluding tert-OH is 1. The molecule has 94 valence electrons. The Labute approximate surface area is 98.2 Å². The monoisotopic (exact) mass is 243 g/mol. The average molecular weight is 243 g/mol. The summed E-state index contributed by atoms with van der Waals surface area (Å²) in [5, 5.41) is 9.10. The van der Waals surface area contributed by atoms with Crippen molar-refractivity contribution in [3.8, 4) is 5.75 Å². The largest absolute Gasteiger partial charge is 0.490 e. The molecule has 1 aromatic carbocycles. The normalized spacial score (nSPS) is 28.4. The van der Waals surface area contributed by atoms with E-state index in [2.05, 4.69) is 0 Å². The van der Waals surface area contributed by atoms with E-state index in [0.29, 0.717) is 19.3 Å². The van der Waals surface area contributed by atoms with Crippen LogP contribution in [0.5, 0.6) is 5.75 Å². The summed E-state index contributed by atoms with van der Waals surface area (Å²) in [6.07, 6.45) is 1.73. The first-order valence-electron chi connectivity index (χ1n) is 5.54. The van der Waals surface area contributed by atoms with Crippen molar-refractivity contribution in [1.29, 1.82) is 0 Å². The lowest BCUT2D eigenvalue weighted by atomic mass is 10.0. The number of nitrogens with two attached hydrogens (primary N) is 1. The molecule has 5 heteroatoms. The summed E-state index contributed by atoms with van der Waals surface area (Å²) >= 11 is 0. The highest BCUT2D eigenvalue weighted by molar-refractivity contribution is 5.24. The third-order valence-corrected chi connectivity index (χ3v) is 3.11. The van der Waals surface area contributed by atoms with E-state index >= 15 is 0 Å². The Morgan fingerprint density at radius 1 is 1.41 bits per heavy atom. The molecule has 1 fully saturated rings. The molecule has 1 aromatic rings. The van der Waals surface area contributed by atoms with Gasteiger partial charge < -0.3 is 15.6 Å². The number of benzene rings is 1. The predicted octanol–water partition coefficient (Wildman–Crippen LogP) is 1.59. The van der Waals surface area contributed by atoms with Crippen molar-refractivity contribution in [1.82, 2.24) is 0 Å². The van der Waals surface area contributed by atoms with Crippen molar-refractivity contribution in [3.63, 3.8) is 0 Å². The Hall–Kier alpha value is -1.20. The van der Waals surface area contributed by atoms with Crippen LogP contribution in [-0.2, 0) is 0 Å². The van der Waals surface area contributed by atoms with Gasteiger partial charge in [-0.3, -0.25) is 0 Å². The van der Waals surface area contributed by atoms with Crippen LogP contribution in [0.2, 0.25) is 0 Å². The Bertz CT molecular complexity index is 413. The first-order chi connectivity index (χ1) is 8.02. The molecule has 2 unspecified atom stereocenters. The van der Waals surface area contributed by atoms with Crippen LogP contribution in [0.3, 0.4) is 0 Å². The Balaban J connectivity index is 2.00. The quantitative estimate of drug-likeness (QED) is 0.847. The van der Waals surface area contributed by atoms with Crippen LogP contribution < -0.4 is 10.5 Å². The van der Waals surface area contributed by atoms with Gasteiger partial charge in [0, 0.05) is 18.0 Å². The number of rotatable bonds is 3. The molecular formula is C12H15F2NO2. The molecule has 2 rings (SSSR count). The molecule has 1 aliphatic carbocycles. The zero-order valence-corrected chi connectivity index (χ0v) is 9.33. The van der Waals surface area contributed by atoms with E-state index in [4.69, 9.17) is 15.6 Å². The molecule has 0 bridgehead atoms. The van der Waals surface area contributed by atoms with Crippen LogP contribution in [0.25, 0.3) is 0 Å². The molecule has 3 N–H and O–H groups in total.